The summed E-state index contributed by atoms with van der Waals surface area (Å²) in [6.45, 7) is 0. The van der Waals surface area contributed by atoms with Crippen molar-refractivity contribution >= 4 is 6.21 Å². The quantitative estimate of drug-likeness (QED) is 0.534. The fourth-order valence-electron chi connectivity index (χ4n) is 0.461. The van der Waals surface area contributed by atoms with Crippen LogP contribution in [0.1, 0.15) is 5.69 Å². The van der Waals surface area contributed by atoms with E-state index in [0.717, 1.165) is 0 Å². The second-order valence-electron chi connectivity index (χ2n) is 1.40. The molecule has 2 heteroatoms. The third kappa shape index (κ3) is 0.904. The Morgan fingerprint density at radius 1 is 1.50 bits per heavy atom. The van der Waals surface area contributed by atoms with Gasteiger partial charge in [-0.1, -0.05) is 6.07 Å². The average molecular weight is 106 g/mol. The lowest BCUT2D eigenvalue weighted by Crippen LogP contribution is -1.80. The average Bonchev–Trinajstić information content (AvgIpc) is 1.90. The van der Waals surface area contributed by atoms with Gasteiger partial charge in [0.05, 0.1) is 5.69 Å². The van der Waals surface area contributed by atoms with Gasteiger partial charge >= 0.3 is 0 Å². The highest BCUT2D eigenvalue weighted by atomic mass is 14.7. The second kappa shape index (κ2) is 2.21. The zero-order valence-electron chi connectivity index (χ0n) is 4.33. The Hall–Kier alpha value is -1.18. The lowest BCUT2D eigenvalue weighted by atomic mass is 10.4. The summed E-state index contributed by atoms with van der Waals surface area (Å²) in [6, 6.07) is 5.47. The summed E-state index contributed by atoms with van der Waals surface area (Å²) in [5.41, 5.74) is 0.701. The predicted molar refractivity (Wildman–Crippen MR) is 32.1 cm³/mol. The molecule has 1 rings (SSSR count). The smallest absolute Gasteiger partial charge is 0.0805 e. The molecular weight excluding hydrogens is 100 g/mol. The SMILES string of the molecule is N=Cc1ccccn1. The Bertz CT molecular complexity index is 169. The molecule has 1 aromatic heterocycles. The fourth-order valence-corrected chi connectivity index (χ4v) is 0.461. The van der Waals surface area contributed by atoms with Crippen LogP contribution in [-0.2, 0) is 0 Å². The van der Waals surface area contributed by atoms with E-state index in [-0.39, 0.29) is 0 Å². The minimum absolute atomic E-state index is 0.701. The first-order valence-electron chi connectivity index (χ1n) is 2.35. The van der Waals surface area contributed by atoms with Crippen molar-refractivity contribution in [2.75, 3.05) is 0 Å². The van der Waals surface area contributed by atoms with E-state index in [2.05, 4.69) is 4.98 Å². The molecule has 0 saturated carbocycles. The molecule has 2 nitrogen and oxygen atoms in total. The van der Waals surface area contributed by atoms with Crippen LogP contribution in [0.5, 0.6) is 0 Å². The van der Waals surface area contributed by atoms with E-state index in [4.69, 9.17) is 5.41 Å². The first-order valence-corrected chi connectivity index (χ1v) is 2.35. The van der Waals surface area contributed by atoms with Crippen LogP contribution in [0.15, 0.2) is 24.4 Å². The molecule has 1 N–H and O–H groups in total. The summed E-state index contributed by atoms with van der Waals surface area (Å²) in [5.74, 6) is 0. The van der Waals surface area contributed by atoms with Crippen molar-refractivity contribution < 1.29 is 0 Å². The molecule has 0 aromatic carbocycles. The first kappa shape index (κ1) is 4.97. The van der Waals surface area contributed by atoms with Crippen molar-refractivity contribution in [1.29, 1.82) is 5.41 Å². The summed E-state index contributed by atoms with van der Waals surface area (Å²) in [4.78, 5) is 3.85. The third-order valence-electron chi connectivity index (χ3n) is 0.836. The van der Waals surface area contributed by atoms with Gasteiger partial charge in [0.2, 0.25) is 0 Å². The van der Waals surface area contributed by atoms with Gasteiger partial charge in [-0.05, 0) is 12.1 Å². The van der Waals surface area contributed by atoms with Gasteiger partial charge in [0, 0.05) is 12.4 Å². The van der Waals surface area contributed by atoms with Gasteiger partial charge in [0.15, 0.2) is 0 Å². The van der Waals surface area contributed by atoms with E-state index < -0.39 is 0 Å². The van der Waals surface area contributed by atoms with Crippen LogP contribution in [-0.4, -0.2) is 11.2 Å². The molecule has 0 amide bonds. The maximum Gasteiger partial charge on any atom is 0.0805 e. The number of nitrogens with zero attached hydrogens (tertiary/aromatic N) is 1. The molecular formula is C6H6N2. The number of hydrogen-bond donors (Lipinski definition) is 1. The van der Waals surface area contributed by atoms with Gasteiger partial charge in [-0.3, -0.25) is 4.98 Å². The van der Waals surface area contributed by atoms with Crippen molar-refractivity contribution in [3.8, 4) is 0 Å². The molecule has 0 bridgehead atoms. The second-order valence-corrected chi connectivity index (χ2v) is 1.40. The van der Waals surface area contributed by atoms with Gasteiger partial charge in [-0.2, -0.15) is 0 Å². The van der Waals surface area contributed by atoms with Gasteiger partial charge in [-0.15, -0.1) is 0 Å². The Morgan fingerprint density at radius 3 is 2.75 bits per heavy atom. The van der Waals surface area contributed by atoms with E-state index in [0.29, 0.717) is 5.69 Å². The maximum absolute atomic E-state index is 6.76. The van der Waals surface area contributed by atoms with Crippen LogP contribution in [0.2, 0.25) is 0 Å². The molecule has 0 fully saturated rings. The van der Waals surface area contributed by atoms with E-state index in [1.807, 2.05) is 12.1 Å². The van der Waals surface area contributed by atoms with Crippen LogP contribution in [0.3, 0.4) is 0 Å². The number of rotatable bonds is 1. The van der Waals surface area contributed by atoms with Gasteiger partial charge in [0.25, 0.3) is 0 Å². The standard InChI is InChI=1S/C6H6N2/c7-5-6-3-1-2-4-8-6/h1-5,7H. The lowest BCUT2D eigenvalue weighted by Gasteiger charge is -1.83. The van der Waals surface area contributed by atoms with Crippen LogP contribution in [0.25, 0.3) is 0 Å². The highest BCUT2D eigenvalue weighted by Crippen LogP contribution is 1.85. The predicted octanol–water partition coefficient (Wildman–Crippen LogP) is 1.08. The zero-order chi connectivity index (χ0) is 5.82. The molecule has 1 heterocycles. The van der Waals surface area contributed by atoms with Crippen LogP contribution in [0.4, 0.5) is 0 Å². The molecule has 0 atom stereocenters. The normalized spacial score (nSPS) is 8.50. The largest absolute Gasteiger partial charge is 0.307 e. The monoisotopic (exact) mass is 106 g/mol. The van der Waals surface area contributed by atoms with Crippen molar-refractivity contribution in [3.05, 3.63) is 30.1 Å². The van der Waals surface area contributed by atoms with E-state index >= 15 is 0 Å². The van der Waals surface area contributed by atoms with E-state index in [1.165, 1.54) is 6.21 Å². The minimum Gasteiger partial charge on any atom is -0.307 e. The molecule has 40 valence electrons. The van der Waals surface area contributed by atoms with Gasteiger partial charge in [-0.25, -0.2) is 0 Å². The number of nitrogens with one attached hydrogen (secondary N) is 1. The molecule has 0 aliphatic rings. The van der Waals surface area contributed by atoms with Gasteiger partial charge < -0.3 is 5.41 Å². The summed E-state index contributed by atoms with van der Waals surface area (Å²) in [6.07, 6.45) is 2.89. The summed E-state index contributed by atoms with van der Waals surface area (Å²) >= 11 is 0. The van der Waals surface area contributed by atoms with Crippen LogP contribution >= 0.6 is 0 Å². The van der Waals surface area contributed by atoms with Crippen LogP contribution in [0, 0.1) is 5.41 Å². The molecule has 1 aromatic rings. The summed E-state index contributed by atoms with van der Waals surface area (Å²) in [5, 5.41) is 6.76. The Morgan fingerprint density at radius 2 is 2.38 bits per heavy atom. The van der Waals surface area contributed by atoms with E-state index in [1.54, 1.807) is 12.3 Å². The Balaban J connectivity index is 2.99. The molecule has 0 aliphatic heterocycles. The number of hydrogen-bond acceptors (Lipinski definition) is 2. The van der Waals surface area contributed by atoms with Gasteiger partial charge in [0.1, 0.15) is 0 Å². The number of aromatic nitrogens is 1. The third-order valence-corrected chi connectivity index (χ3v) is 0.836. The minimum atomic E-state index is 0.701. The fraction of sp³-hybridized carbons (Fsp3) is 0. The van der Waals surface area contributed by atoms with Crippen molar-refractivity contribution in [2.45, 2.75) is 0 Å². The Kier molecular flexibility index (Phi) is 1.37. The van der Waals surface area contributed by atoms with E-state index in [9.17, 15) is 0 Å². The molecule has 8 heavy (non-hydrogen) atoms. The lowest BCUT2D eigenvalue weighted by molar-refractivity contribution is 1.29. The highest BCUT2D eigenvalue weighted by Gasteiger charge is 1.78. The summed E-state index contributed by atoms with van der Waals surface area (Å²) in [7, 11) is 0. The van der Waals surface area contributed by atoms with Crippen LogP contribution < -0.4 is 0 Å². The molecule has 0 radical (unpaired) electrons. The Labute approximate surface area is 47.7 Å². The van der Waals surface area contributed by atoms with Crippen molar-refractivity contribution in [2.24, 2.45) is 0 Å². The number of pyridine rings is 1. The maximum atomic E-state index is 6.76. The molecule has 0 aliphatic carbocycles. The van der Waals surface area contributed by atoms with Crippen molar-refractivity contribution in [3.63, 3.8) is 0 Å². The topological polar surface area (TPSA) is 36.7 Å². The molecule has 0 saturated heterocycles. The zero-order valence-corrected chi connectivity index (χ0v) is 4.33. The highest BCUT2D eigenvalue weighted by molar-refractivity contribution is 5.73. The molecule has 0 unspecified atom stereocenters. The molecule has 0 spiro atoms. The first-order chi connectivity index (χ1) is 3.93. The van der Waals surface area contributed by atoms with Crippen molar-refractivity contribution in [1.82, 2.24) is 4.98 Å². The summed E-state index contributed by atoms with van der Waals surface area (Å²) < 4.78 is 0.